The van der Waals surface area contributed by atoms with Crippen molar-refractivity contribution in [1.82, 2.24) is 0 Å². The Kier molecular flexibility index (Phi) is 3.32. The van der Waals surface area contributed by atoms with E-state index in [2.05, 4.69) is 0 Å². The summed E-state index contributed by atoms with van der Waals surface area (Å²) in [7, 11) is 1.96. The van der Waals surface area contributed by atoms with Gasteiger partial charge < -0.3 is 4.90 Å². The Bertz CT molecular complexity index is 312. The van der Waals surface area contributed by atoms with Crippen molar-refractivity contribution in [1.29, 1.82) is 0 Å². The van der Waals surface area contributed by atoms with Gasteiger partial charge in [-0.2, -0.15) is 0 Å². The van der Waals surface area contributed by atoms with Gasteiger partial charge in [0.05, 0.1) is 10.7 Å². The van der Waals surface area contributed by atoms with Crippen LogP contribution in [0.15, 0.2) is 18.2 Å². The molecule has 0 saturated heterocycles. The molecule has 0 unspecified atom stereocenters. The molecule has 1 rings (SSSR count). The molecule has 1 aromatic rings. The lowest BCUT2D eigenvalue weighted by Gasteiger charge is -2.18. The lowest BCUT2D eigenvalue weighted by molar-refractivity contribution is 0.112. The van der Waals surface area contributed by atoms with E-state index in [1.54, 1.807) is 12.1 Å². The van der Waals surface area contributed by atoms with Gasteiger partial charge in [-0.25, -0.2) is 0 Å². The molecule has 0 atom stereocenters. The Morgan fingerprint density at radius 3 is 2.69 bits per heavy atom. The van der Waals surface area contributed by atoms with E-state index in [0.29, 0.717) is 10.6 Å². The van der Waals surface area contributed by atoms with Gasteiger partial charge in [-0.3, -0.25) is 4.79 Å². The number of hydrogen-bond acceptors (Lipinski definition) is 2. The second-order valence-corrected chi connectivity index (χ2v) is 3.25. The Morgan fingerprint density at radius 1 is 1.54 bits per heavy atom. The predicted molar refractivity (Wildman–Crippen MR) is 55.8 cm³/mol. The molecule has 0 bridgehead atoms. The van der Waals surface area contributed by atoms with E-state index in [9.17, 15) is 4.79 Å². The van der Waals surface area contributed by atoms with Crippen LogP contribution in [-0.2, 0) is 0 Å². The quantitative estimate of drug-likeness (QED) is 0.695. The van der Waals surface area contributed by atoms with Crippen molar-refractivity contribution in [3.63, 3.8) is 0 Å². The maximum atomic E-state index is 10.4. The van der Waals surface area contributed by atoms with Crippen LogP contribution >= 0.6 is 11.6 Å². The first-order valence-corrected chi connectivity index (χ1v) is 4.52. The first-order chi connectivity index (χ1) is 6.19. The Labute approximate surface area is 83.1 Å². The number of carbonyl (C=O) groups is 1. The van der Waals surface area contributed by atoms with Crippen molar-refractivity contribution in [2.24, 2.45) is 0 Å². The van der Waals surface area contributed by atoms with Crippen LogP contribution in [0.5, 0.6) is 0 Å². The molecule has 0 fully saturated rings. The van der Waals surface area contributed by atoms with Crippen LogP contribution < -0.4 is 4.90 Å². The molecule has 0 radical (unpaired) electrons. The topological polar surface area (TPSA) is 20.3 Å². The molecular weight excluding hydrogens is 186 g/mol. The van der Waals surface area contributed by atoms with E-state index >= 15 is 0 Å². The number of aldehydes is 1. The Morgan fingerprint density at radius 2 is 2.23 bits per heavy atom. The van der Waals surface area contributed by atoms with Crippen LogP contribution in [0.1, 0.15) is 17.3 Å². The van der Waals surface area contributed by atoms with Crippen molar-refractivity contribution < 1.29 is 4.79 Å². The summed E-state index contributed by atoms with van der Waals surface area (Å²) in [4.78, 5) is 12.5. The largest absolute Gasteiger partial charge is 0.374 e. The minimum Gasteiger partial charge on any atom is -0.374 e. The van der Waals surface area contributed by atoms with Gasteiger partial charge in [0.2, 0.25) is 0 Å². The highest BCUT2D eigenvalue weighted by Gasteiger charge is 2.04. The van der Waals surface area contributed by atoms with Crippen LogP contribution in [0.4, 0.5) is 5.69 Å². The van der Waals surface area contributed by atoms with Crippen LogP contribution in [0, 0.1) is 0 Å². The van der Waals surface area contributed by atoms with E-state index in [1.807, 2.05) is 24.9 Å². The van der Waals surface area contributed by atoms with Gasteiger partial charge in [0.15, 0.2) is 0 Å². The molecule has 0 aliphatic carbocycles. The number of benzene rings is 1. The molecule has 13 heavy (non-hydrogen) atoms. The molecule has 1 aromatic carbocycles. The summed E-state index contributed by atoms with van der Waals surface area (Å²) in [5, 5.41) is 0.619. The van der Waals surface area contributed by atoms with Gasteiger partial charge in [-0.15, -0.1) is 0 Å². The minimum absolute atomic E-state index is 0.609. The van der Waals surface area contributed by atoms with E-state index < -0.39 is 0 Å². The smallest absolute Gasteiger partial charge is 0.150 e. The molecule has 0 aliphatic heterocycles. The van der Waals surface area contributed by atoms with Crippen LogP contribution in [0.3, 0.4) is 0 Å². The van der Waals surface area contributed by atoms with E-state index in [1.165, 1.54) is 0 Å². The van der Waals surface area contributed by atoms with Crippen LogP contribution in [0.25, 0.3) is 0 Å². The molecular formula is C10H12ClNO. The van der Waals surface area contributed by atoms with Gasteiger partial charge in [-0.05, 0) is 25.1 Å². The minimum atomic E-state index is 0.609. The zero-order valence-corrected chi connectivity index (χ0v) is 8.51. The monoisotopic (exact) mass is 197 g/mol. The summed E-state index contributed by atoms with van der Waals surface area (Å²) in [5.74, 6) is 0. The first-order valence-electron chi connectivity index (χ1n) is 4.15. The molecule has 0 saturated carbocycles. The van der Waals surface area contributed by atoms with Crippen molar-refractivity contribution in [2.75, 3.05) is 18.5 Å². The number of rotatable bonds is 3. The normalized spacial score (nSPS) is 9.77. The molecule has 0 aromatic heterocycles. The zero-order valence-electron chi connectivity index (χ0n) is 7.75. The summed E-state index contributed by atoms with van der Waals surface area (Å²) in [6.07, 6.45) is 0.793. The lowest BCUT2D eigenvalue weighted by atomic mass is 10.2. The molecule has 3 heteroatoms. The van der Waals surface area contributed by atoms with Crippen molar-refractivity contribution in [3.8, 4) is 0 Å². The second-order valence-electron chi connectivity index (χ2n) is 2.84. The SMILES string of the molecule is CCN(C)c1ccc(C=O)cc1Cl. The summed E-state index contributed by atoms with van der Waals surface area (Å²) in [6, 6.07) is 5.30. The number of nitrogens with zero attached hydrogens (tertiary/aromatic N) is 1. The summed E-state index contributed by atoms with van der Waals surface area (Å²) in [6.45, 7) is 2.93. The second kappa shape index (κ2) is 4.28. The molecule has 70 valence electrons. The van der Waals surface area contributed by atoms with Crippen molar-refractivity contribution >= 4 is 23.6 Å². The fraction of sp³-hybridized carbons (Fsp3) is 0.300. The van der Waals surface area contributed by atoms with Crippen LogP contribution in [-0.4, -0.2) is 19.9 Å². The first kappa shape index (κ1) is 10.1. The average Bonchev–Trinajstić information content (AvgIpc) is 2.16. The average molecular weight is 198 g/mol. The molecule has 0 N–H and O–H groups in total. The number of anilines is 1. The highest BCUT2D eigenvalue weighted by molar-refractivity contribution is 6.33. The highest BCUT2D eigenvalue weighted by Crippen LogP contribution is 2.25. The van der Waals surface area contributed by atoms with Gasteiger partial charge in [0.1, 0.15) is 6.29 Å². The fourth-order valence-corrected chi connectivity index (χ4v) is 1.41. The van der Waals surface area contributed by atoms with E-state index in [4.69, 9.17) is 11.6 Å². The molecule has 0 aliphatic rings. The molecule has 0 spiro atoms. The molecule has 0 amide bonds. The summed E-state index contributed by atoms with van der Waals surface area (Å²) in [5.41, 5.74) is 1.56. The standard InChI is InChI=1S/C10H12ClNO/c1-3-12(2)10-5-4-8(7-13)6-9(10)11/h4-7H,3H2,1-2H3. The van der Waals surface area contributed by atoms with Crippen molar-refractivity contribution in [3.05, 3.63) is 28.8 Å². The Hall–Kier alpha value is -1.02. The van der Waals surface area contributed by atoms with Crippen LogP contribution in [0.2, 0.25) is 5.02 Å². The Balaban J connectivity index is 3.04. The van der Waals surface area contributed by atoms with Gasteiger partial charge in [-0.1, -0.05) is 11.6 Å². The predicted octanol–water partition coefficient (Wildman–Crippen LogP) is 2.61. The maximum absolute atomic E-state index is 10.4. The molecule has 0 heterocycles. The third-order valence-electron chi connectivity index (χ3n) is 1.99. The van der Waals surface area contributed by atoms with Crippen molar-refractivity contribution in [2.45, 2.75) is 6.92 Å². The highest BCUT2D eigenvalue weighted by atomic mass is 35.5. The number of halogens is 1. The van der Waals surface area contributed by atoms with Gasteiger partial charge in [0, 0.05) is 19.2 Å². The number of hydrogen-bond donors (Lipinski definition) is 0. The fourth-order valence-electron chi connectivity index (χ4n) is 1.08. The van der Waals surface area contributed by atoms with E-state index in [-0.39, 0.29) is 0 Å². The molecule has 2 nitrogen and oxygen atoms in total. The lowest BCUT2D eigenvalue weighted by Crippen LogP contribution is -2.16. The van der Waals surface area contributed by atoms with Gasteiger partial charge >= 0.3 is 0 Å². The van der Waals surface area contributed by atoms with Gasteiger partial charge in [0.25, 0.3) is 0 Å². The summed E-state index contributed by atoms with van der Waals surface area (Å²) >= 11 is 5.98. The maximum Gasteiger partial charge on any atom is 0.150 e. The summed E-state index contributed by atoms with van der Waals surface area (Å²) < 4.78 is 0. The zero-order chi connectivity index (χ0) is 9.84. The third kappa shape index (κ3) is 2.22. The number of carbonyl (C=O) groups excluding carboxylic acids is 1. The third-order valence-corrected chi connectivity index (χ3v) is 2.30. The van der Waals surface area contributed by atoms with E-state index in [0.717, 1.165) is 18.5 Å².